The van der Waals surface area contributed by atoms with E-state index in [9.17, 15) is 5.11 Å². The van der Waals surface area contributed by atoms with Gasteiger partial charge < -0.3 is 5.11 Å². The van der Waals surface area contributed by atoms with Crippen LogP contribution in [0.15, 0.2) is 29.4 Å². The fraction of sp³-hybridized carbons (Fsp3) is 0.500. The van der Waals surface area contributed by atoms with E-state index in [1.165, 1.54) is 0 Å². The van der Waals surface area contributed by atoms with Crippen molar-refractivity contribution in [2.75, 3.05) is 0 Å². The Labute approximate surface area is 82.4 Å². The molecule has 13 heavy (non-hydrogen) atoms. The summed E-state index contributed by atoms with van der Waals surface area (Å²) < 4.78 is 0. The van der Waals surface area contributed by atoms with Gasteiger partial charge in [-0.25, -0.2) is 4.98 Å². The minimum atomic E-state index is -0.132. The molecule has 3 heteroatoms. The molecule has 0 spiro atoms. The molecule has 1 fully saturated rings. The van der Waals surface area contributed by atoms with Gasteiger partial charge in [-0.2, -0.15) is 0 Å². The molecule has 0 radical (unpaired) electrons. The van der Waals surface area contributed by atoms with E-state index in [1.807, 2.05) is 18.2 Å². The van der Waals surface area contributed by atoms with Gasteiger partial charge in [0.05, 0.1) is 11.1 Å². The summed E-state index contributed by atoms with van der Waals surface area (Å²) in [4.78, 5) is 4.23. The Balaban J connectivity index is 1.98. The molecule has 0 aliphatic heterocycles. The van der Waals surface area contributed by atoms with Gasteiger partial charge in [0.1, 0.15) is 0 Å². The van der Waals surface area contributed by atoms with Gasteiger partial charge in [0.25, 0.3) is 0 Å². The van der Waals surface area contributed by atoms with Crippen LogP contribution in [0.5, 0.6) is 0 Å². The molecule has 2 rings (SSSR count). The molecule has 0 bridgehead atoms. The molecule has 2 atom stereocenters. The van der Waals surface area contributed by atoms with E-state index >= 15 is 0 Å². The molecule has 2 unspecified atom stereocenters. The van der Waals surface area contributed by atoms with Crippen LogP contribution in [0.25, 0.3) is 0 Å². The minimum Gasteiger partial charge on any atom is -0.392 e. The van der Waals surface area contributed by atoms with Gasteiger partial charge in [-0.05, 0) is 31.4 Å². The summed E-state index contributed by atoms with van der Waals surface area (Å²) >= 11 is 1.70. The van der Waals surface area contributed by atoms with Crippen LogP contribution in [0.2, 0.25) is 0 Å². The monoisotopic (exact) mass is 195 g/mol. The van der Waals surface area contributed by atoms with Crippen molar-refractivity contribution in [1.82, 2.24) is 4.98 Å². The van der Waals surface area contributed by atoms with E-state index < -0.39 is 0 Å². The third kappa shape index (κ3) is 2.23. The van der Waals surface area contributed by atoms with Crippen molar-refractivity contribution in [2.24, 2.45) is 0 Å². The molecule has 1 aliphatic rings. The third-order valence-corrected chi connectivity index (χ3v) is 3.66. The summed E-state index contributed by atoms with van der Waals surface area (Å²) in [6.07, 6.45) is 4.87. The van der Waals surface area contributed by atoms with E-state index in [0.717, 1.165) is 24.3 Å². The quantitative estimate of drug-likeness (QED) is 0.784. The first-order valence-electron chi connectivity index (χ1n) is 4.62. The first kappa shape index (κ1) is 9.03. The van der Waals surface area contributed by atoms with Crippen molar-refractivity contribution < 1.29 is 5.11 Å². The lowest BCUT2D eigenvalue weighted by Gasteiger charge is -2.12. The van der Waals surface area contributed by atoms with Gasteiger partial charge in [0.2, 0.25) is 0 Å². The zero-order chi connectivity index (χ0) is 9.10. The lowest BCUT2D eigenvalue weighted by Crippen LogP contribution is -2.14. The Morgan fingerprint density at radius 3 is 2.92 bits per heavy atom. The highest BCUT2D eigenvalue weighted by atomic mass is 32.2. The van der Waals surface area contributed by atoms with E-state index in [1.54, 1.807) is 18.0 Å². The molecular formula is C10H13NOS. The fourth-order valence-electron chi connectivity index (χ4n) is 1.62. The molecular weight excluding hydrogens is 182 g/mol. The largest absolute Gasteiger partial charge is 0.392 e. The van der Waals surface area contributed by atoms with Crippen LogP contribution in [-0.4, -0.2) is 21.4 Å². The zero-order valence-electron chi connectivity index (χ0n) is 7.39. The standard InChI is InChI=1S/C10H13NOS/c12-8-4-3-5-9(8)13-10-6-1-2-7-11-10/h1-2,6-9,12H,3-5H2. The number of aromatic nitrogens is 1. The van der Waals surface area contributed by atoms with Gasteiger partial charge >= 0.3 is 0 Å². The number of aliphatic hydroxyl groups excluding tert-OH is 1. The molecule has 1 aromatic heterocycles. The van der Waals surface area contributed by atoms with Crippen LogP contribution >= 0.6 is 11.8 Å². The van der Waals surface area contributed by atoms with Crippen molar-refractivity contribution in [3.05, 3.63) is 24.4 Å². The average molecular weight is 195 g/mol. The van der Waals surface area contributed by atoms with E-state index in [-0.39, 0.29) is 6.10 Å². The number of nitrogens with zero attached hydrogens (tertiary/aromatic N) is 1. The van der Waals surface area contributed by atoms with Crippen molar-refractivity contribution in [1.29, 1.82) is 0 Å². The fourth-order valence-corrected chi connectivity index (χ4v) is 2.78. The van der Waals surface area contributed by atoms with Gasteiger partial charge in [-0.15, -0.1) is 11.8 Å². The van der Waals surface area contributed by atoms with Crippen molar-refractivity contribution in [2.45, 2.75) is 35.6 Å². The van der Waals surface area contributed by atoms with E-state index in [0.29, 0.717) is 5.25 Å². The SMILES string of the molecule is OC1CCCC1Sc1ccccn1. The second kappa shape index (κ2) is 4.11. The average Bonchev–Trinajstić information content (AvgIpc) is 2.54. The number of pyridine rings is 1. The molecule has 0 saturated heterocycles. The highest BCUT2D eigenvalue weighted by molar-refractivity contribution is 7.99. The smallest absolute Gasteiger partial charge is 0.0963 e. The summed E-state index contributed by atoms with van der Waals surface area (Å²) in [5, 5.41) is 11.0. The lowest BCUT2D eigenvalue weighted by molar-refractivity contribution is 0.188. The van der Waals surface area contributed by atoms with Crippen molar-refractivity contribution >= 4 is 11.8 Å². The second-order valence-electron chi connectivity index (χ2n) is 3.32. The maximum atomic E-state index is 9.60. The van der Waals surface area contributed by atoms with Crippen LogP contribution in [0, 0.1) is 0 Å². The Morgan fingerprint density at radius 1 is 1.38 bits per heavy atom. The zero-order valence-corrected chi connectivity index (χ0v) is 8.20. The van der Waals surface area contributed by atoms with E-state index in [2.05, 4.69) is 4.98 Å². The second-order valence-corrected chi connectivity index (χ2v) is 4.58. The molecule has 1 N–H and O–H groups in total. The van der Waals surface area contributed by atoms with Crippen LogP contribution in [0.4, 0.5) is 0 Å². The van der Waals surface area contributed by atoms with Gasteiger partial charge in [-0.1, -0.05) is 6.07 Å². The normalized spacial score (nSPS) is 27.8. The molecule has 1 heterocycles. The number of thioether (sulfide) groups is 1. The van der Waals surface area contributed by atoms with Crippen molar-refractivity contribution in [3.8, 4) is 0 Å². The summed E-state index contributed by atoms with van der Waals surface area (Å²) in [5.74, 6) is 0. The first-order chi connectivity index (χ1) is 6.36. The van der Waals surface area contributed by atoms with Crippen LogP contribution in [-0.2, 0) is 0 Å². The number of hydrogen-bond donors (Lipinski definition) is 1. The van der Waals surface area contributed by atoms with Crippen LogP contribution < -0.4 is 0 Å². The molecule has 1 aromatic rings. The first-order valence-corrected chi connectivity index (χ1v) is 5.50. The Morgan fingerprint density at radius 2 is 2.31 bits per heavy atom. The van der Waals surface area contributed by atoms with Crippen LogP contribution in [0.3, 0.4) is 0 Å². The lowest BCUT2D eigenvalue weighted by atomic mass is 10.3. The molecule has 0 aromatic carbocycles. The molecule has 1 aliphatic carbocycles. The van der Waals surface area contributed by atoms with Gasteiger partial charge in [0, 0.05) is 11.4 Å². The number of rotatable bonds is 2. The van der Waals surface area contributed by atoms with Gasteiger partial charge in [0.15, 0.2) is 0 Å². The topological polar surface area (TPSA) is 33.1 Å². The van der Waals surface area contributed by atoms with Gasteiger partial charge in [-0.3, -0.25) is 0 Å². The molecule has 1 saturated carbocycles. The summed E-state index contributed by atoms with van der Waals surface area (Å²) in [7, 11) is 0. The Kier molecular flexibility index (Phi) is 2.86. The third-order valence-electron chi connectivity index (χ3n) is 2.33. The number of aliphatic hydroxyl groups is 1. The molecule has 0 amide bonds. The highest BCUT2D eigenvalue weighted by Crippen LogP contribution is 2.33. The Bertz CT molecular complexity index is 265. The minimum absolute atomic E-state index is 0.132. The summed E-state index contributed by atoms with van der Waals surface area (Å²) in [6, 6.07) is 5.89. The summed E-state index contributed by atoms with van der Waals surface area (Å²) in [6.45, 7) is 0. The van der Waals surface area contributed by atoms with Crippen LogP contribution in [0.1, 0.15) is 19.3 Å². The maximum Gasteiger partial charge on any atom is 0.0963 e. The predicted molar refractivity (Wildman–Crippen MR) is 53.7 cm³/mol. The molecule has 70 valence electrons. The number of hydrogen-bond acceptors (Lipinski definition) is 3. The molecule has 2 nitrogen and oxygen atoms in total. The predicted octanol–water partition coefficient (Wildman–Crippen LogP) is 2.09. The van der Waals surface area contributed by atoms with Crippen molar-refractivity contribution in [3.63, 3.8) is 0 Å². The maximum absolute atomic E-state index is 9.60. The van der Waals surface area contributed by atoms with E-state index in [4.69, 9.17) is 0 Å². The Hall–Kier alpha value is -0.540. The highest BCUT2D eigenvalue weighted by Gasteiger charge is 2.26. The summed E-state index contributed by atoms with van der Waals surface area (Å²) in [5.41, 5.74) is 0.